The Hall–Kier alpha value is -1.75. The first-order chi connectivity index (χ1) is 8.66. The number of nitrogens with zero attached hydrogens (tertiary/aromatic N) is 3. The molecular formula is C13H15FN4. The molecule has 5 heteroatoms. The van der Waals surface area contributed by atoms with Crippen LogP contribution in [0.15, 0.2) is 18.2 Å². The van der Waals surface area contributed by atoms with Crippen molar-refractivity contribution < 1.29 is 4.39 Å². The van der Waals surface area contributed by atoms with Gasteiger partial charge in [0.15, 0.2) is 5.82 Å². The van der Waals surface area contributed by atoms with E-state index < -0.39 is 0 Å². The van der Waals surface area contributed by atoms with Gasteiger partial charge in [-0.15, -0.1) is 10.2 Å². The second-order valence-electron chi connectivity index (χ2n) is 4.67. The van der Waals surface area contributed by atoms with Gasteiger partial charge in [-0.05, 0) is 25.5 Å². The molecule has 94 valence electrons. The van der Waals surface area contributed by atoms with Crippen LogP contribution in [0.4, 0.5) is 4.39 Å². The summed E-state index contributed by atoms with van der Waals surface area (Å²) in [6, 6.07) is 5.38. The number of halogens is 1. The molecule has 1 aliphatic heterocycles. The van der Waals surface area contributed by atoms with Gasteiger partial charge in [0.05, 0.1) is 6.04 Å². The molecule has 1 atom stereocenters. The lowest BCUT2D eigenvalue weighted by molar-refractivity contribution is 0.439. The molecule has 0 spiro atoms. The number of benzene rings is 1. The molecule has 0 bridgehead atoms. The number of nitrogens with one attached hydrogen (secondary N) is 1. The zero-order chi connectivity index (χ0) is 12.7. The van der Waals surface area contributed by atoms with E-state index in [-0.39, 0.29) is 11.9 Å². The van der Waals surface area contributed by atoms with Crippen molar-refractivity contribution in [3.63, 3.8) is 0 Å². The van der Waals surface area contributed by atoms with Gasteiger partial charge in [-0.1, -0.05) is 12.1 Å². The first-order valence-electron chi connectivity index (χ1n) is 6.10. The van der Waals surface area contributed by atoms with Crippen LogP contribution in [0.5, 0.6) is 0 Å². The average molecular weight is 246 g/mol. The van der Waals surface area contributed by atoms with Crippen molar-refractivity contribution in [1.82, 2.24) is 20.1 Å². The van der Waals surface area contributed by atoms with Gasteiger partial charge in [-0.25, -0.2) is 4.39 Å². The zero-order valence-corrected chi connectivity index (χ0v) is 10.4. The maximum absolute atomic E-state index is 13.6. The summed E-state index contributed by atoms with van der Waals surface area (Å²) in [6.45, 7) is 5.51. The monoisotopic (exact) mass is 246 g/mol. The number of rotatable bonds is 1. The van der Waals surface area contributed by atoms with Gasteiger partial charge in [0, 0.05) is 18.7 Å². The first-order valence-corrected chi connectivity index (χ1v) is 6.10. The minimum absolute atomic E-state index is 0.190. The lowest BCUT2D eigenvalue weighted by atomic mass is 10.1. The van der Waals surface area contributed by atoms with Crippen LogP contribution in [0.25, 0.3) is 11.4 Å². The SMILES string of the molecule is Cc1ccc(-c2nnc3n2CCNC3C)cc1F. The second kappa shape index (κ2) is 4.17. The predicted octanol–water partition coefficient (Wildman–Crippen LogP) is 2.06. The van der Waals surface area contributed by atoms with Crippen molar-refractivity contribution in [2.45, 2.75) is 26.4 Å². The lowest BCUT2D eigenvalue weighted by Crippen LogP contribution is -2.32. The van der Waals surface area contributed by atoms with Crippen LogP contribution in [0.2, 0.25) is 0 Å². The fourth-order valence-corrected chi connectivity index (χ4v) is 2.29. The van der Waals surface area contributed by atoms with E-state index in [4.69, 9.17) is 0 Å². The number of aromatic nitrogens is 3. The summed E-state index contributed by atoms with van der Waals surface area (Å²) in [5, 5.41) is 11.7. The van der Waals surface area contributed by atoms with E-state index in [2.05, 4.69) is 27.0 Å². The van der Waals surface area contributed by atoms with Crippen LogP contribution in [-0.2, 0) is 6.54 Å². The smallest absolute Gasteiger partial charge is 0.164 e. The van der Waals surface area contributed by atoms with Crippen LogP contribution >= 0.6 is 0 Å². The Morgan fingerprint density at radius 2 is 2.22 bits per heavy atom. The van der Waals surface area contributed by atoms with E-state index in [0.717, 1.165) is 30.3 Å². The Labute approximate surface area is 105 Å². The van der Waals surface area contributed by atoms with Crippen molar-refractivity contribution in [2.24, 2.45) is 0 Å². The molecule has 0 saturated carbocycles. The second-order valence-corrected chi connectivity index (χ2v) is 4.67. The summed E-state index contributed by atoms with van der Waals surface area (Å²) < 4.78 is 15.7. The maximum Gasteiger partial charge on any atom is 0.164 e. The summed E-state index contributed by atoms with van der Waals surface area (Å²) in [5.74, 6) is 1.46. The van der Waals surface area contributed by atoms with E-state index in [1.165, 1.54) is 6.07 Å². The molecular weight excluding hydrogens is 231 g/mol. The van der Waals surface area contributed by atoms with Gasteiger partial charge in [0.1, 0.15) is 11.6 Å². The summed E-state index contributed by atoms with van der Waals surface area (Å²) >= 11 is 0. The molecule has 0 radical (unpaired) electrons. The van der Waals surface area contributed by atoms with Gasteiger partial charge in [-0.3, -0.25) is 0 Å². The first kappa shape index (κ1) is 11.3. The van der Waals surface area contributed by atoms with Crippen molar-refractivity contribution in [1.29, 1.82) is 0 Å². The van der Waals surface area contributed by atoms with Crippen LogP contribution in [0, 0.1) is 12.7 Å². The number of aryl methyl sites for hydroxylation is 1. The lowest BCUT2D eigenvalue weighted by Gasteiger charge is -2.21. The molecule has 1 unspecified atom stereocenters. The molecule has 3 rings (SSSR count). The molecule has 1 aromatic heterocycles. The van der Waals surface area contributed by atoms with Gasteiger partial charge < -0.3 is 9.88 Å². The third kappa shape index (κ3) is 1.71. The van der Waals surface area contributed by atoms with E-state index in [1.54, 1.807) is 13.0 Å². The molecule has 0 aliphatic carbocycles. The number of fused-ring (bicyclic) bond motifs is 1. The highest BCUT2D eigenvalue weighted by molar-refractivity contribution is 5.56. The molecule has 1 aromatic carbocycles. The molecule has 4 nitrogen and oxygen atoms in total. The zero-order valence-electron chi connectivity index (χ0n) is 10.4. The minimum Gasteiger partial charge on any atom is -0.308 e. The van der Waals surface area contributed by atoms with Gasteiger partial charge >= 0.3 is 0 Å². The minimum atomic E-state index is -0.202. The largest absolute Gasteiger partial charge is 0.308 e. The predicted molar refractivity (Wildman–Crippen MR) is 66.6 cm³/mol. The van der Waals surface area contributed by atoms with Crippen LogP contribution < -0.4 is 5.32 Å². The van der Waals surface area contributed by atoms with Crippen LogP contribution in [0.1, 0.15) is 24.4 Å². The van der Waals surface area contributed by atoms with Gasteiger partial charge in [0.2, 0.25) is 0 Å². The molecule has 1 aliphatic rings. The molecule has 18 heavy (non-hydrogen) atoms. The Morgan fingerprint density at radius 1 is 1.39 bits per heavy atom. The quantitative estimate of drug-likeness (QED) is 0.837. The highest BCUT2D eigenvalue weighted by Gasteiger charge is 2.22. The Kier molecular flexibility index (Phi) is 2.63. The Bertz CT molecular complexity index is 591. The van der Waals surface area contributed by atoms with E-state index in [1.807, 2.05) is 6.07 Å². The molecule has 0 saturated heterocycles. The van der Waals surface area contributed by atoms with E-state index >= 15 is 0 Å². The van der Waals surface area contributed by atoms with E-state index in [0.29, 0.717) is 5.56 Å². The normalized spacial score (nSPS) is 18.7. The molecule has 2 aromatic rings. The van der Waals surface area contributed by atoms with Crippen molar-refractivity contribution >= 4 is 0 Å². The van der Waals surface area contributed by atoms with E-state index in [9.17, 15) is 4.39 Å². The van der Waals surface area contributed by atoms with Crippen molar-refractivity contribution in [3.8, 4) is 11.4 Å². The highest BCUT2D eigenvalue weighted by Crippen LogP contribution is 2.24. The fourth-order valence-electron chi connectivity index (χ4n) is 2.29. The van der Waals surface area contributed by atoms with Crippen molar-refractivity contribution in [3.05, 3.63) is 35.4 Å². The highest BCUT2D eigenvalue weighted by atomic mass is 19.1. The van der Waals surface area contributed by atoms with Crippen LogP contribution in [0.3, 0.4) is 0 Å². The number of hydrogen-bond acceptors (Lipinski definition) is 3. The van der Waals surface area contributed by atoms with Gasteiger partial charge in [0.25, 0.3) is 0 Å². The van der Waals surface area contributed by atoms with Crippen molar-refractivity contribution in [2.75, 3.05) is 6.54 Å². The summed E-state index contributed by atoms with van der Waals surface area (Å²) in [6.07, 6.45) is 0. The molecule has 2 heterocycles. The summed E-state index contributed by atoms with van der Waals surface area (Å²) in [4.78, 5) is 0. The molecule has 0 amide bonds. The average Bonchev–Trinajstić information content (AvgIpc) is 2.78. The third-order valence-corrected chi connectivity index (χ3v) is 3.38. The molecule has 0 fully saturated rings. The fraction of sp³-hybridized carbons (Fsp3) is 0.385. The maximum atomic E-state index is 13.6. The molecule has 1 N–H and O–H groups in total. The Balaban J connectivity index is 2.09. The topological polar surface area (TPSA) is 42.7 Å². The number of hydrogen-bond donors (Lipinski definition) is 1. The summed E-state index contributed by atoms with van der Waals surface area (Å²) in [5.41, 5.74) is 1.43. The van der Waals surface area contributed by atoms with Crippen LogP contribution in [-0.4, -0.2) is 21.3 Å². The summed E-state index contributed by atoms with van der Waals surface area (Å²) in [7, 11) is 0. The standard InChI is InChI=1S/C13H15FN4/c1-8-3-4-10(7-11(8)14)13-17-16-12-9(2)15-5-6-18(12)13/h3-4,7,9,15H,5-6H2,1-2H3. The Morgan fingerprint density at radius 3 is 3.00 bits per heavy atom. The van der Waals surface area contributed by atoms with Gasteiger partial charge in [-0.2, -0.15) is 0 Å². The third-order valence-electron chi connectivity index (χ3n) is 3.38.